The van der Waals surface area contributed by atoms with Crippen molar-refractivity contribution in [1.82, 2.24) is 0 Å². The molecule has 6 aromatic rings. The molecule has 0 aliphatic heterocycles. The Morgan fingerprint density at radius 1 is 0.667 bits per heavy atom. The topological polar surface area (TPSA) is 181 Å². The molecular formula is C49H50BBrF6I5MgNO9S2. The summed E-state index contributed by atoms with van der Waals surface area (Å²) in [6, 6.07) is 24.4. The predicted octanol–water partition coefficient (Wildman–Crippen LogP) is 10.7. The summed E-state index contributed by atoms with van der Waals surface area (Å²) in [7, 11) is 0.973. The molecule has 6 rings (SSSR count). The summed E-state index contributed by atoms with van der Waals surface area (Å²) >= 11 is 13.5. The van der Waals surface area contributed by atoms with Gasteiger partial charge in [0.1, 0.15) is 41.0 Å². The van der Waals surface area contributed by atoms with Gasteiger partial charge in [0, 0.05) is 34.7 Å². The van der Waals surface area contributed by atoms with E-state index >= 15 is 0 Å². The molecule has 26 heteroatoms. The number of carboxylic acids is 1. The number of aliphatic hydroxyl groups excluding tert-OH is 2. The van der Waals surface area contributed by atoms with Crippen molar-refractivity contribution in [2.75, 3.05) is 18.2 Å². The van der Waals surface area contributed by atoms with E-state index in [1.807, 2.05) is 67.8 Å². The van der Waals surface area contributed by atoms with Crippen molar-refractivity contribution in [1.29, 1.82) is 0 Å². The second kappa shape index (κ2) is 44.4. The van der Waals surface area contributed by atoms with Gasteiger partial charge in [-0.25, -0.2) is 31.1 Å². The number of halogens is 12. The Morgan fingerprint density at radius 3 is 1.37 bits per heavy atom. The smallest absolute Gasteiger partial charge is 1.00 e. The first-order chi connectivity index (χ1) is 33.6. The number of hydrogen-bond donors (Lipinski definition) is 5. The first-order valence-corrected chi connectivity index (χ1v) is 27.9. The van der Waals surface area contributed by atoms with Gasteiger partial charge in [0.05, 0.1) is 32.4 Å². The number of carbonyl (C=O) groups is 3. The molecule has 5 N–H and O–H groups in total. The molecule has 0 aliphatic carbocycles. The SMILES string of the molecule is CC(=O)c1cc(F)ccc1N.CC(O)c1cc(F)ccc1I.CC(OS(C)(=O)=O)c1cc(F)ccc1I.CS.O=C(O)c1cc(F)ccc1I.O=Cc1cc(F)ccc1I.OCc1cc(F)ccc1I.[B]C.[Br-].[CH3-].[Mg+2]. The Kier molecular flexibility index (Phi) is 48.8. The minimum atomic E-state index is -3.53. The van der Waals surface area contributed by atoms with E-state index in [2.05, 4.69) is 65.7 Å². The van der Waals surface area contributed by atoms with Crippen LogP contribution in [0, 0.1) is 60.2 Å². The number of aldehydes is 1. The van der Waals surface area contributed by atoms with Gasteiger partial charge >= 0.3 is 29.0 Å². The number of benzene rings is 6. The van der Waals surface area contributed by atoms with Gasteiger partial charge in [-0.05, 0) is 266 Å². The molecule has 2 unspecified atom stereocenters. The van der Waals surface area contributed by atoms with Crippen LogP contribution in [0.15, 0.2) is 109 Å². The van der Waals surface area contributed by atoms with Crippen LogP contribution in [0.1, 0.15) is 80.7 Å². The Hall–Kier alpha value is -1.35. The van der Waals surface area contributed by atoms with E-state index in [9.17, 15) is 49.1 Å². The van der Waals surface area contributed by atoms with Gasteiger partial charge in [-0.2, -0.15) is 21.0 Å². The van der Waals surface area contributed by atoms with Gasteiger partial charge < -0.3 is 45.5 Å². The third kappa shape index (κ3) is 35.1. The number of carboxylic acid groups (broad SMARTS) is 1. The number of thiol groups is 1. The quantitative estimate of drug-likeness (QED) is 0.0113. The Morgan fingerprint density at radius 2 is 1.03 bits per heavy atom. The van der Waals surface area contributed by atoms with Gasteiger partial charge in [0.15, 0.2) is 12.1 Å². The second-order valence-corrected chi connectivity index (χ2v) is 20.8. The van der Waals surface area contributed by atoms with E-state index in [4.69, 9.17) is 25.2 Å². The molecule has 0 amide bonds. The number of nitrogen functional groups attached to an aromatic ring is 1. The van der Waals surface area contributed by atoms with Crippen molar-refractivity contribution in [3.63, 3.8) is 0 Å². The first kappa shape index (κ1) is 82.5. The van der Waals surface area contributed by atoms with Crippen molar-refractivity contribution in [3.8, 4) is 0 Å². The number of aromatic carboxylic acids is 1. The van der Waals surface area contributed by atoms with Crippen LogP contribution in [0.25, 0.3) is 0 Å². The van der Waals surface area contributed by atoms with Crippen LogP contribution in [0.4, 0.5) is 32.0 Å². The molecule has 6 aromatic carbocycles. The summed E-state index contributed by atoms with van der Waals surface area (Å²) in [5.41, 5.74) is 8.18. The normalized spacial score (nSPS) is 10.2. The maximum absolute atomic E-state index is 12.9. The number of aliphatic hydroxyl groups is 2. The van der Waals surface area contributed by atoms with E-state index < -0.39 is 45.7 Å². The fraction of sp³-hybridized carbons (Fsp3) is 0.184. The van der Waals surface area contributed by atoms with Gasteiger partial charge in [-0.1, -0.05) is 6.82 Å². The minimum absolute atomic E-state index is 0. The molecule has 10 nitrogen and oxygen atoms in total. The van der Waals surface area contributed by atoms with Gasteiger partial charge in [-0.3, -0.25) is 13.8 Å². The number of hydrogen-bond acceptors (Lipinski definition) is 10. The van der Waals surface area contributed by atoms with Gasteiger partial charge in [0.2, 0.25) is 0 Å². The zero-order valence-corrected chi connectivity index (χ0v) is 56.4. The molecule has 0 aliphatic rings. The van der Waals surface area contributed by atoms with Crippen molar-refractivity contribution in [3.05, 3.63) is 203 Å². The van der Waals surface area contributed by atoms with Crippen molar-refractivity contribution < 1.29 is 85.6 Å². The van der Waals surface area contributed by atoms with Crippen LogP contribution < -0.4 is 22.7 Å². The molecule has 2 atom stereocenters. The molecule has 0 spiro atoms. The molecule has 0 saturated carbocycles. The largest absolute Gasteiger partial charge is 2.00 e. The van der Waals surface area contributed by atoms with Crippen molar-refractivity contribution in [2.24, 2.45) is 0 Å². The minimum Gasteiger partial charge on any atom is -1.00 e. The first-order valence-electron chi connectivity index (χ1n) is 19.8. The number of carbonyl (C=O) groups excluding carboxylic acids is 2. The summed E-state index contributed by atoms with van der Waals surface area (Å²) in [5, 5.41) is 26.3. The molecule has 0 fully saturated rings. The predicted molar refractivity (Wildman–Crippen MR) is 328 cm³/mol. The standard InChI is InChI=1S/C9H10FIO3S.C8H8FIO.C8H8FNO.C7H4FIO2.C7H6FIO.C7H4FIO.CH3B.CH4S.CH3.BrH.Mg/c1-6(14-15(2,12)13)8-5-7(10)3-4-9(8)11;2*1-5(11)7-4-6(9)2-3-8(7)10;8-4-1-2-6(9)5(3-4)7(10)11;2*8-6-1-2-7(9)5(3-6)4-10;2*1-2;;;/h3-6H,1-2H3;2-5,11H,1H3;2-4H,10H2,1H3;1-3H,(H,10,11);1-3,10H,4H2;1-4H;1H3;2H,1H3;1H3;1H;/q;;;;;;;;-1;;+2/p-1. The molecule has 75 heavy (non-hydrogen) atoms. The van der Waals surface area contributed by atoms with Crippen molar-refractivity contribution >= 4 is 190 Å². The zero-order valence-electron chi connectivity index (χ0n) is 40.9. The van der Waals surface area contributed by atoms with Crippen LogP contribution in [-0.4, -0.2) is 85.2 Å². The molecule has 406 valence electrons. The Balaban J connectivity index is -0.000000257. The van der Waals surface area contributed by atoms with Gasteiger partial charge in [0.25, 0.3) is 10.1 Å². The summed E-state index contributed by atoms with van der Waals surface area (Å²) in [6.45, 7) is 5.94. The fourth-order valence-electron chi connectivity index (χ4n) is 4.74. The number of anilines is 1. The molecule has 0 heterocycles. The van der Waals surface area contributed by atoms with Crippen LogP contribution in [0.2, 0.25) is 6.82 Å². The van der Waals surface area contributed by atoms with E-state index in [1.54, 1.807) is 44.4 Å². The molecule has 0 aromatic heterocycles. The maximum atomic E-state index is 12.9. The number of Topliss-reactive ketones (excluding diaryl/α,β-unsaturated/α-hetero) is 1. The van der Waals surface area contributed by atoms with Crippen LogP contribution in [0.3, 0.4) is 0 Å². The Labute approximate surface area is 536 Å². The summed E-state index contributed by atoms with van der Waals surface area (Å²) in [5.74, 6) is -3.68. The molecular weight excluding hydrogens is 1670 g/mol. The fourth-order valence-corrected chi connectivity index (χ4v) is 8.46. The Bertz CT molecular complexity index is 2740. The van der Waals surface area contributed by atoms with E-state index in [1.165, 1.54) is 86.5 Å². The number of rotatable bonds is 8. The molecule has 0 bridgehead atoms. The van der Waals surface area contributed by atoms with E-state index in [-0.39, 0.29) is 88.4 Å². The third-order valence-electron chi connectivity index (χ3n) is 7.94. The molecule has 2 radical (unpaired) electrons. The van der Waals surface area contributed by atoms with E-state index in [0.717, 1.165) is 32.7 Å². The number of ketones is 1. The van der Waals surface area contributed by atoms with Crippen LogP contribution in [0.5, 0.6) is 0 Å². The summed E-state index contributed by atoms with van der Waals surface area (Å²) in [6.07, 6.45) is 2.03. The average Bonchev–Trinajstić information content (AvgIpc) is 3.32. The van der Waals surface area contributed by atoms with Gasteiger partial charge in [-0.15, -0.1) is 0 Å². The third-order valence-corrected chi connectivity index (χ3v) is 13.5. The number of nitrogens with two attached hydrogens (primary N) is 1. The summed E-state index contributed by atoms with van der Waals surface area (Å²) in [4.78, 5) is 31.4. The summed E-state index contributed by atoms with van der Waals surface area (Å²) < 4.78 is 106. The van der Waals surface area contributed by atoms with E-state index in [0.29, 0.717) is 37.8 Å². The monoisotopic (exact) mass is 1720 g/mol. The zero-order chi connectivity index (χ0) is 56.1. The maximum Gasteiger partial charge on any atom is 2.00 e. The second-order valence-electron chi connectivity index (χ2n) is 13.3. The van der Waals surface area contributed by atoms with Crippen molar-refractivity contribution in [2.45, 2.75) is 46.4 Å². The average molecular weight is 1720 g/mol. The van der Waals surface area contributed by atoms with Crippen LogP contribution in [-0.2, 0) is 20.9 Å². The molecule has 0 saturated heterocycles. The van der Waals surface area contributed by atoms with Crippen LogP contribution >= 0.6 is 126 Å².